The molecule has 1 heterocycles. The third kappa shape index (κ3) is 8.92. The summed E-state index contributed by atoms with van der Waals surface area (Å²) < 4.78 is 36.3. The van der Waals surface area contributed by atoms with E-state index in [0.717, 1.165) is 36.8 Å². The highest BCUT2D eigenvalue weighted by atomic mass is 19.1. The van der Waals surface area contributed by atoms with E-state index in [1.54, 1.807) is 46.0 Å². The summed E-state index contributed by atoms with van der Waals surface area (Å²) in [5.41, 5.74) is -0.0859. The van der Waals surface area contributed by atoms with Gasteiger partial charge in [0.05, 0.1) is 12.5 Å². The van der Waals surface area contributed by atoms with E-state index in [9.17, 15) is 19.1 Å². The van der Waals surface area contributed by atoms with Crippen molar-refractivity contribution in [2.45, 2.75) is 76.7 Å². The van der Waals surface area contributed by atoms with Crippen LogP contribution in [0.25, 0.3) is 0 Å². The molecule has 0 aromatic heterocycles. The first kappa shape index (κ1) is 33.7. The van der Waals surface area contributed by atoms with Crippen LogP contribution in [0.15, 0.2) is 42.5 Å². The molecule has 1 aliphatic carbocycles. The highest BCUT2D eigenvalue weighted by molar-refractivity contribution is 5.82. The first-order valence-corrected chi connectivity index (χ1v) is 15.4. The number of nitrogens with zero attached hydrogens (tertiary/aromatic N) is 2. The summed E-state index contributed by atoms with van der Waals surface area (Å²) >= 11 is 0. The van der Waals surface area contributed by atoms with Gasteiger partial charge in [0.15, 0.2) is 0 Å². The Morgan fingerprint density at radius 1 is 1.05 bits per heavy atom. The summed E-state index contributed by atoms with van der Waals surface area (Å²) in [6, 6.07) is 11.8. The molecular weight excluding hydrogens is 567 g/mol. The average Bonchev–Trinajstić information content (AvgIpc) is 3.81. The van der Waals surface area contributed by atoms with Gasteiger partial charge in [-0.05, 0) is 93.8 Å². The molecule has 0 spiro atoms. The molecular formula is C34H47FN2O7. The van der Waals surface area contributed by atoms with E-state index in [2.05, 4.69) is 6.07 Å². The standard InChI is InChI=1S/C34H47FN2O7/c1-33(2,3)44-32(39)36-14-13-34(40,26-9-6-10-27(35)21-26)30(23-36)31(38)37(28-11-12-28)22-25-18-24(8-7-15-41-4)19-29(20-25)43-17-16-42-5/h6,9-10,18-21,28,30,40H,7-8,11-17,22-23H2,1-5H3/t30-,34+/m1/s1. The van der Waals surface area contributed by atoms with Gasteiger partial charge in [-0.1, -0.05) is 18.2 Å². The lowest BCUT2D eigenvalue weighted by atomic mass is 9.75. The molecule has 242 valence electrons. The molecule has 9 nitrogen and oxygen atoms in total. The normalized spacial score (nSPS) is 20.3. The zero-order valence-corrected chi connectivity index (χ0v) is 26.6. The number of ether oxygens (including phenoxy) is 4. The van der Waals surface area contributed by atoms with Crippen LogP contribution in [0.4, 0.5) is 9.18 Å². The van der Waals surface area contributed by atoms with Gasteiger partial charge in [-0.25, -0.2) is 9.18 Å². The Bertz CT molecular complexity index is 1250. The Hall–Kier alpha value is -3.21. The van der Waals surface area contributed by atoms with E-state index >= 15 is 0 Å². The minimum atomic E-state index is -1.67. The van der Waals surface area contributed by atoms with Crippen molar-refractivity contribution in [2.24, 2.45) is 5.92 Å². The predicted molar refractivity (Wildman–Crippen MR) is 164 cm³/mol. The SMILES string of the molecule is COCCCc1cc(CN(C(=O)[C@H]2CN(C(=O)OC(C)(C)C)CC[C@]2(O)c2cccc(F)c2)C2CC2)cc(OCCOC)c1. The third-order valence-corrected chi connectivity index (χ3v) is 8.04. The maximum Gasteiger partial charge on any atom is 0.410 e. The fourth-order valence-electron chi connectivity index (χ4n) is 5.70. The number of halogens is 1. The topological polar surface area (TPSA) is 97.8 Å². The van der Waals surface area contributed by atoms with Gasteiger partial charge >= 0.3 is 6.09 Å². The van der Waals surface area contributed by atoms with Gasteiger partial charge in [-0.15, -0.1) is 0 Å². The molecule has 0 unspecified atom stereocenters. The molecule has 2 aromatic carbocycles. The van der Waals surface area contributed by atoms with Gasteiger partial charge in [0.2, 0.25) is 5.91 Å². The number of hydrogen-bond donors (Lipinski definition) is 1. The molecule has 1 N–H and O–H groups in total. The molecule has 2 fully saturated rings. The number of rotatable bonds is 13. The van der Waals surface area contributed by atoms with Crippen LogP contribution in [-0.4, -0.2) is 85.7 Å². The molecule has 1 saturated carbocycles. The van der Waals surface area contributed by atoms with Crippen LogP contribution in [0.1, 0.15) is 63.1 Å². The molecule has 0 bridgehead atoms. The van der Waals surface area contributed by atoms with Gasteiger partial charge < -0.3 is 33.9 Å². The summed E-state index contributed by atoms with van der Waals surface area (Å²) in [7, 11) is 3.30. The fraction of sp³-hybridized carbons (Fsp3) is 0.588. The van der Waals surface area contributed by atoms with Gasteiger partial charge in [-0.3, -0.25) is 4.79 Å². The monoisotopic (exact) mass is 614 g/mol. The van der Waals surface area contributed by atoms with Gasteiger partial charge in [0.25, 0.3) is 0 Å². The Labute approximate surface area is 260 Å². The first-order valence-electron chi connectivity index (χ1n) is 15.4. The lowest BCUT2D eigenvalue weighted by Gasteiger charge is -2.45. The van der Waals surface area contributed by atoms with Crippen LogP contribution >= 0.6 is 0 Å². The summed E-state index contributed by atoms with van der Waals surface area (Å²) in [4.78, 5) is 30.9. The minimum absolute atomic E-state index is 0.00571. The van der Waals surface area contributed by atoms with Crippen LogP contribution in [0, 0.1) is 11.7 Å². The van der Waals surface area contributed by atoms with Crippen molar-refractivity contribution >= 4 is 12.0 Å². The maximum atomic E-state index is 14.5. The van der Waals surface area contributed by atoms with Gasteiger partial charge in [-0.2, -0.15) is 0 Å². The van der Waals surface area contributed by atoms with E-state index in [4.69, 9.17) is 18.9 Å². The molecule has 2 aromatic rings. The predicted octanol–water partition coefficient (Wildman–Crippen LogP) is 5.07. The fourth-order valence-corrected chi connectivity index (χ4v) is 5.70. The molecule has 0 radical (unpaired) electrons. The number of likely N-dealkylation sites (tertiary alicyclic amines) is 1. The maximum absolute atomic E-state index is 14.5. The highest BCUT2D eigenvalue weighted by Gasteiger charge is 2.51. The van der Waals surface area contributed by atoms with E-state index in [1.165, 1.54) is 23.1 Å². The van der Waals surface area contributed by atoms with Crippen molar-refractivity contribution in [1.82, 2.24) is 9.80 Å². The average molecular weight is 615 g/mol. The Morgan fingerprint density at radius 3 is 2.43 bits per heavy atom. The number of carbonyl (C=O) groups is 2. The zero-order valence-electron chi connectivity index (χ0n) is 26.6. The molecule has 2 aliphatic rings. The Morgan fingerprint density at radius 2 is 1.77 bits per heavy atom. The second kappa shape index (κ2) is 14.7. The molecule has 10 heteroatoms. The molecule has 44 heavy (non-hydrogen) atoms. The van der Waals surface area contributed by atoms with Crippen LogP contribution in [0.2, 0.25) is 0 Å². The minimum Gasteiger partial charge on any atom is -0.491 e. The highest BCUT2D eigenvalue weighted by Crippen LogP contribution is 2.41. The number of benzene rings is 2. The van der Waals surface area contributed by atoms with Crippen LogP contribution in [-0.2, 0) is 37.6 Å². The smallest absolute Gasteiger partial charge is 0.410 e. The number of aliphatic hydroxyl groups is 1. The van der Waals surface area contributed by atoms with E-state index in [-0.39, 0.29) is 31.5 Å². The van der Waals surface area contributed by atoms with Crippen molar-refractivity contribution < 1.29 is 38.0 Å². The number of amides is 2. The van der Waals surface area contributed by atoms with E-state index in [0.29, 0.717) is 37.7 Å². The zero-order chi connectivity index (χ0) is 31.9. The second-order valence-corrected chi connectivity index (χ2v) is 12.8. The largest absolute Gasteiger partial charge is 0.491 e. The summed E-state index contributed by atoms with van der Waals surface area (Å²) in [6.45, 7) is 7.25. The number of carbonyl (C=O) groups excluding carboxylic acids is 2. The van der Waals surface area contributed by atoms with Crippen molar-refractivity contribution in [3.05, 3.63) is 65.0 Å². The summed E-state index contributed by atoms with van der Waals surface area (Å²) in [6.07, 6.45) is 2.83. The van der Waals surface area contributed by atoms with Gasteiger partial charge in [0, 0.05) is 46.5 Å². The lowest BCUT2D eigenvalue weighted by Crippen LogP contribution is -2.58. The van der Waals surface area contributed by atoms with Crippen LogP contribution in [0.3, 0.4) is 0 Å². The molecule has 2 amide bonds. The van der Waals surface area contributed by atoms with Crippen molar-refractivity contribution in [1.29, 1.82) is 0 Å². The number of aryl methyl sites for hydroxylation is 1. The van der Waals surface area contributed by atoms with Crippen molar-refractivity contribution in [3.63, 3.8) is 0 Å². The number of methoxy groups -OCH3 is 2. The molecule has 1 aliphatic heterocycles. The number of piperidine rings is 1. The molecule has 4 rings (SSSR count). The third-order valence-electron chi connectivity index (χ3n) is 8.04. The first-order chi connectivity index (χ1) is 20.9. The Balaban J connectivity index is 1.65. The Kier molecular flexibility index (Phi) is 11.3. The molecule has 2 atom stereocenters. The van der Waals surface area contributed by atoms with Crippen LogP contribution in [0.5, 0.6) is 5.75 Å². The van der Waals surface area contributed by atoms with Crippen LogP contribution < -0.4 is 4.74 Å². The quantitative estimate of drug-likeness (QED) is 0.315. The van der Waals surface area contributed by atoms with E-state index < -0.39 is 29.0 Å². The van der Waals surface area contributed by atoms with Gasteiger partial charge in [0.1, 0.15) is 29.4 Å². The lowest BCUT2D eigenvalue weighted by molar-refractivity contribution is -0.155. The summed E-state index contributed by atoms with van der Waals surface area (Å²) in [5.74, 6) is -1.10. The van der Waals surface area contributed by atoms with Crippen molar-refractivity contribution in [3.8, 4) is 5.75 Å². The number of hydrogen-bond acceptors (Lipinski definition) is 7. The molecule has 1 saturated heterocycles. The van der Waals surface area contributed by atoms with E-state index in [1.807, 2.05) is 12.1 Å². The van der Waals surface area contributed by atoms with Crippen molar-refractivity contribution in [2.75, 3.05) is 47.1 Å². The summed E-state index contributed by atoms with van der Waals surface area (Å²) in [5, 5.41) is 12.1. The second-order valence-electron chi connectivity index (χ2n) is 12.8.